The third-order valence-electron chi connectivity index (χ3n) is 1.99. The average Bonchev–Trinajstić information content (AvgIpc) is 2.27. The van der Waals surface area contributed by atoms with Gasteiger partial charge in [0.05, 0.1) is 5.02 Å². The molecule has 1 heterocycles. The van der Waals surface area contributed by atoms with Crippen molar-refractivity contribution in [2.24, 2.45) is 5.73 Å². The highest BCUT2D eigenvalue weighted by molar-refractivity contribution is 6.32. The van der Waals surface area contributed by atoms with E-state index in [9.17, 15) is 4.79 Å². The Morgan fingerprint density at radius 3 is 2.83 bits per heavy atom. The Hall–Kier alpha value is -2.66. The summed E-state index contributed by atoms with van der Waals surface area (Å²) in [5.74, 6) is -0.263. The number of anilines is 1. The van der Waals surface area contributed by atoms with Crippen molar-refractivity contribution in [3.8, 4) is 11.8 Å². The Morgan fingerprint density at radius 1 is 1.50 bits per heavy atom. The van der Waals surface area contributed by atoms with Gasteiger partial charge in [0.1, 0.15) is 17.1 Å². The molecule has 0 fully saturated rings. The molecule has 0 aliphatic heterocycles. The van der Waals surface area contributed by atoms with Crippen molar-refractivity contribution in [1.29, 1.82) is 5.26 Å². The van der Waals surface area contributed by atoms with Crippen LogP contribution >= 0.6 is 11.6 Å². The molecule has 9 heteroatoms. The molecule has 0 unspecified atom stereocenters. The summed E-state index contributed by atoms with van der Waals surface area (Å²) in [5, 5.41) is 16.2. The van der Waals surface area contributed by atoms with E-state index < -0.39 is 6.09 Å². The van der Waals surface area contributed by atoms with Gasteiger partial charge in [-0.3, -0.25) is 0 Å². The van der Waals surface area contributed by atoms with Gasteiger partial charge in [-0.15, -0.1) is 10.2 Å². The lowest BCUT2D eigenvalue weighted by Crippen LogP contribution is -2.17. The lowest BCUT2D eigenvalue weighted by atomic mass is 10.2. The topological polar surface area (TPSA) is 141 Å². The number of ether oxygens (including phenoxy) is 1. The van der Waals surface area contributed by atoms with Crippen LogP contribution in [-0.2, 0) is 0 Å². The van der Waals surface area contributed by atoms with E-state index in [1.807, 2.05) is 0 Å². The number of nitrogen functional groups attached to an aromatic ring is 1. The highest BCUT2D eigenvalue weighted by atomic mass is 35.5. The SMILES string of the molecule is N#Cc1c(Cl)cc2nc(N)nnc2c1OC(N)=O. The molecule has 1 aromatic heterocycles. The zero-order valence-electron chi connectivity index (χ0n) is 8.72. The maximum Gasteiger partial charge on any atom is 0.410 e. The van der Waals surface area contributed by atoms with Crippen LogP contribution in [0, 0.1) is 11.3 Å². The summed E-state index contributed by atoms with van der Waals surface area (Å²) in [6, 6.07) is 3.15. The van der Waals surface area contributed by atoms with Crippen LogP contribution in [0.15, 0.2) is 6.07 Å². The smallest absolute Gasteiger partial charge is 0.407 e. The number of hydrogen-bond donors (Lipinski definition) is 2. The fourth-order valence-electron chi connectivity index (χ4n) is 1.34. The monoisotopic (exact) mass is 264 g/mol. The Kier molecular flexibility index (Phi) is 2.83. The summed E-state index contributed by atoms with van der Waals surface area (Å²) in [4.78, 5) is 14.7. The first-order chi connectivity index (χ1) is 8.52. The number of carbonyl (C=O) groups excluding carboxylic acids is 1. The van der Waals surface area contributed by atoms with Crippen molar-refractivity contribution in [1.82, 2.24) is 15.2 Å². The fourth-order valence-corrected chi connectivity index (χ4v) is 1.57. The molecular formula is C9H5ClN6O2. The van der Waals surface area contributed by atoms with E-state index in [1.165, 1.54) is 6.07 Å². The molecule has 90 valence electrons. The predicted molar refractivity (Wildman–Crippen MR) is 61.7 cm³/mol. The minimum atomic E-state index is -1.10. The molecule has 0 radical (unpaired) electrons. The van der Waals surface area contributed by atoms with E-state index in [-0.39, 0.29) is 33.3 Å². The van der Waals surface area contributed by atoms with Gasteiger partial charge in [-0.2, -0.15) is 5.26 Å². The second kappa shape index (κ2) is 4.31. The molecule has 0 aliphatic rings. The molecular weight excluding hydrogens is 260 g/mol. The Morgan fingerprint density at radius 2 is 2.22 bits per heavy atom. The van der Waals surface area contributed by atoms with Crippen LogP contribution in [0.1, 0.15) is 5.56 Å². The number of amides is 1. The zero-order valence-corrected chi connectivity index (χ0v) is 9.47. The Labute approximate surface area is 105 Å². The largest absolute Gasteiger partial charge is 0.410 e. The maximum absolute atomic E-state index is 10.8. The number of benzene rings is 1. The quantitative estimate of drug-likeness (QED) is 0.767. The number of primary amides is 1. The molecule has 8 nitrogen and oxygen atoms in total. The first kappa shape index (κ1) is 11.8. The summed E-state index contributed by atoms with van der Waals surface area (Å²) in [7, 11) is 0. The van der Waals surface area contributed by atoms with Gasteiger partial charge in [0, 0.05) is 0 Å². The van der Waals surface area contributed by atoms with E-state index >= 15 is 0 Å². The summed E-state index contributed by atoms with van der Waals surface area (Å²) >= 11 is 5.86. The normalized spacial score (nSPS) is 10.0. The summed E-state index contributed by atoms with van der Waals surface area (Å²) in [6.07, 6.45) is -1.10. The molecule has 0 bridgehead atoms. The van der Waals surface area contributed by atoms with E-state index in [4.69, 9.17) is 33.1 Å². The lowest BCUT2D eigenvalue weighted by molar-refractivity contribution is 0.211. The first-order valence-electron chi connectivity index (χ1n) is 4.52. The number of hydrogen-bond acceptors (Lipinski definition) is 7. The lowest BCUT2D eigenvalue weighted by Gasteiger charge is -2.07. The predicted octanol–water partition coefficient (Wildman–Crippen LogP) is 0.590. The number of nitrogens with two attached hydrogens (primary N) is 2. The molecule has 1 amide bonds. The first-order valence-corrected chi connectivity index (χ1v) is 4.90. The second-order valence-electron chi connectivity index (χ2n) is 3.13. The van der Waals surface area contributed by atoms with Gasteiger partial charge in [0.25, 0.3) is 0 Å². The van der Waals surface area contributed by atoms with E-state index in [2.05, 4.69) is 15.2 Å². The number of rotatable bonds is 1. The van der Waals surface area contributed by atoms with Gasteiger partial charge in [0.2, 0.25) is 5.95 Å². The molecule has 0 saturated heterocycles. The molecule has 2 rings (SSSR count). The van der Waals surface area contributed by atoms with Gasteiger partial charge >= 0.3 is 6.09 Å². The Bertz CT molecular complexity index is 695. The molecule has 0 aliphatic carbocycles. The number of nitrogens with zero attached hydrogens (tertiary/aromatic N) is 4. The van der Waals surface area contributed by atoms with E-state index in [0.29, 0.717) is 0 Å². The highest BCUT2D eigenvalue weighted by Crippen LogP contribution is 2.32. The van der Waals surface area contributed by atoms with Gasteiger partial charge in [-0.05, 0) is 6.07 Å². The molecule has 4 N–H and O–H groups in total. The maximum atomic E-state index is 10.8. The van der Waals surface area contributed by atoms with Crippen LogP contribution in [0.3, 0.4) is 0 Å². The van der Waals surface area contributed by atoms with Crippen molar-refractivity contribution in [2.75, 3.05) is 5.73 Å². The zero-order chi connectivity index (χ0) is 13.3. The number of fused-ring (bicyclic) bond motifs is 1. The van der Waals surface area contributed by atoms with Gasteiger partial charge in [-0.25, -0.2) is 9.78 Å². The molecule has 0 saturated carbocycles. The third-order valence-corrected chi connectivity index (χ3v) is 2.29. The van der Waals surface area contributed by atoms with E-state index in [1.54, 1.807) is 6.07 Å². The van der Waals surface area contributed by atoms with Gasteiger partial charge < -0.3 is 16.2 Å². The average molecular weight is 265 g/mol. The van der Waals surface area contributed by atoms with Crippen LogP contribution in [-0.4, -0.2) is 21.3 Å². The van der Waals surface area contributed by atoms with Crippen LogP contribution in [0.25, 0.3) is 11.0 Å². The third kappa shape index (κ3) is 1.94. The van der Waals surface area contributed by atoms with Crippen LogP contribution in [0.2, 0.25) is 5.02 Å². The fraction of sp³-hybridized carbons (Fsp3) is 0. The van der Waals surface area contributed by atoms with Crippen LogP contribution < -0.4 is 16.2 Å². The molecule has 0 atom stereocenters. The molecule has 18 heavy (non-hydrogen) atoms. The van der Waals surface area contributed by atoms with Gasteiger partial charge in [-0.1, -0.05) is 11.6 Å². The minimum absolute atomic E-state index is 0.0427. The van der Waals surface area contributed by atoms with Crippen molar-refractivity contribution in [2.45, 2.75) is 0 Å². The Balaban J connectivity index is 2.84. The second-order valence-corrected chi connectivity index (χ2v) is 3.54. The van der Waals surface area contributed by atoms with Crippen molar-refractivity contribution in [3.05, 3.63) is 16.7 Å². The summed E-state index contributed by atoms with van der Waals surface area (Å²) in [5.41, 5.74) is 10.5. The molecule has 0 spiro atoms. The minimum Gasteiger partial charge on any atom is -0.407 e. The molecule has 2 aromatic rings. The standard InChI is InChI=1S/C9H5ClN6O2/c10-4-1-5-6(15-16-8(12)14-5)7(3(4)2-11)18-9(13)17/h1H,(H2,13,17)(H2,12,14,16). The van der Waals surface area contributed by atoms with Gasteiger partial charge in [0.15, 0.2) is 11.3 Å². The van der Waals surface area contributed by atoms with E-state index in [0.717, 1.165) is 0 Å². The van der Waals surface area contributed by atoms with Crippen molar-refractivity contribution in [3.63, 3.8) is 0 Å². The summed E-state index contributed by atoms with van der Waals surface area (Å²) < 4.78 is 4.72. The number of aromatic nitrogens is 3. The highest BCUT2D eigenvalue weighted by Gasteiger charge is 2.18. The molecule has 1 aromatic carbocycles. The number of carbonyl (C=O) groups is 1. The van der Waals surface area contributed by atoms with Crippen molar-refractivity contribution < 1.29 is 9.53 Å². The summed E-state index contributed by atoms with van der Waals surface area (Å²) in [6.45, 7) is 0. The van der Waals surface area contributed by atoms with Crippen LogP contribution in [0.5, 0.6) is 5.75 Å². The number of halogens is 1. The van der Waals surface area contributed by atoms with Crippen LogP contribution in [0.4, 0.5) is 10.7 Å². The number of nitriles is 1. The van der Waals surface area contributed by atoms with Crippen molar-refractivity contribution >= 4 is 34.7 Å².